The highest BCUT2D eigenvalue weighted by Crippen LogP contribution is 2.33. The summed E-state index contributed by atoms with van der Waals surface area (Å²) in [6, 6.07) is -0.246. The predicted octanol–water partition coefficient (Wildman–Crippen LogP) is 2.21. The number of rotatable bonds is 6. The van der Waals surface area contributed by atoms with E-state index in [9.17, 15) is 9.59 Å². The molecule has 0 spiro atoms. The number of hydrogen-bond acceptors (Lipinski definition) is 3. The molecule has 0 aromatic carbocycles. The summed E-state index contributed by atoms with van der Waals surface area (Å²) in [5, 5.41) is 7.23. The SMILES string of the molecule is Cc1n[nH]c(C)c1CCCN(C)C(=O)[C@@H]1CCCCN1C(=O)C1CC1. The first-order valence-corrected chi connectivity index (χ1v) is 9.55. The van der Waals surface area contributed by atoms with Crippen molar-refractivity contribution in [3.63, 3.8) is 0 Å². The van der Waals surface area contributed by atoms with Crippen molar-refractivity contribution in [1.82, 2.24) is 20.0 Å². The summed E-state index contributed by atoms with van der Waals surface area (Å²) in [6.45, 7) is 5.50. The zero-order chi connectivity index (χ0) is 18.0. The summed E-state index contributed by atoms with van der Waals surface area (Å²) >= 11 is 0. The van der Waals surface area contributed by atoms with Crippen LogP contribution in [0, 0.1) is 19.8 Å². The fourth-order valence-corrected chi connectivity index (χ4v) is 3.82. The monoisotopic (exact) mass is 346 g/mol. The van der Waals surface area contributed by atoms with Crippen LogP contribution in [0.2, 0.25) is 0 Å². The van der Waals surface area contributed by atoms with Gasteiger partial charge in [-0.2, -0.15) is 5.10 Å². The molecule has 0 radical (unpaired) electrons. The van der Waals surface area contributed by atoms with E-state index in [1.807, 2.05) is 30.7 Å². The number of piperidine rings is 1. The number of nitrogens with one attached hydrogen (secondary N) is 1. The second-order valence-electron chi connectivity index (χ2n) is 7.59. The van der Waals surface area contributed by atoms with Gasteiger partial charge in [0.05, 0.1) is 5.69 Å². The van der Waals surface area contributed by atoms with Crippen molar-refractivity contribution in [2.45, 2.75) is 64.8 Å². The van der Waals surface area contributed by atoms with E-state index < -0.39 is 0 Å². The normalized spacial score (nSPS) is 20.6. The fraction of sp³-hybridized carbons (Fsp3) is 0.737. The zero-order valence-electron chi connectivity index (χ0n) is 15.7. The molecule has 6 heteroatoms. The average Bonchev–Trinajstić information content (AvgIpc) is 3.42. The van der Waals surface area contributed by atoms with Crippen LogP contribution in [-0.4, -0.2) is 58.0 Å². The van der Waals surface area contributed by atoms with Gasteiger partial charge in [0, 0.05) is 31.7 Å². The molecule has 3 rings (SSSR count). The summed E-state index contributed by atoms with van der Waals surface area (Å²) in [7, 11) is 1.87. The van der Waals surface area contributed by atoms with Crippen molar-refractivity contribution in [1.29, 1.82) is 0 Å². The molecule has 0 bridgehead atoms. The molecule has 1 saturated heterocycles. The van der Waals surface area contributed by atoms with E-state index in [1.54, 1.807) is 0 Å². The maximum absolute atomic E-state index is 12.9. The summed E-state index contributed by atoms with van der Waals surface area (Å²) in [5.41, 5.74) is 3.41. The van der Waals surface area contributed by atoms with Gasteiger partial charge in [0.2, 0.25) is 11.8 Å². The van der Waals surface area contributed by atoms with Crippen molar-refractivity contribution >= 4 is 11.8 Å². The van der Waals surface area contributed by atoms with E-state index in [0.717, 1.165) is 62.9 Å². The van der Waals surface area contributed by atoms with Crippen LogP contribution >= 0.6 is 0 Å². The molecule has 138 valence electrons. The third-order valence-electron chi connectivity index (χ3n) is 5.57. The van der Waals surface area contributed by atoms with Gasteiger partial charge in [0.15, 0.2) is 0 Å². The number of likely N-dealkylation sites (N-methyl/N-ethyl adjacent to an activating group) is 1. The van der Waals surface area contributed by atoms with Gasteiger partial charge in [0.25, 0.3) is 0 Å². The maximum atomic E-state index is 12.9. The van der Waals surface area contributed by atoms with Crippen LogP contribution in [0.15, 0.2) is 0 Å². The Bertz CT molecular complexity index is 616. The van der Waals surface area contributed by atoms with Crippen LogP contribution < -0.4 is 0 Å². The number of carbonyl (C=O) groups is 2. The van der Waals surface area contributed by atoms with Crippen molar-refractivity contribution < 1.29 is 9.59 Å². The van der Waals surface area contributed by atoms with Crippen LogP contribution in [0.4, 0.5) is 0 Å². The van der Waals surface area contributed by atoms with Gasteiger partial charge in [-0.3, -0.25) is 14.7 Å². The minimum absolute atomic E-state index is 0.106. The van der Waals surface area contributed by atoms with Gasteiger partial charge in [-0.05, 0) is 64.4 Å². The Balaban J connectivity index is 1.54. The smallest absolute Gasteiger partial charge is 0.245 e. The van der Waals surface area contributed by atoms with Crippen molar-refractivity contribution in [3.05, 3.63) is 17.0 Å². The summed E-state index contributed by atoms with van der Waals surface area (Å²) < 4.78 is 0. The van der Waals surface area contributed by atoms with E-state index in [4.69, 9.17) is 0 Å². The number of carbonyl (C=O) groups excluding carboxylic acids is 2. The highest BCUT2D eigenvalue weighted by molar-refractivity contribution is 5.89. The lowest BCUT2D eigenvalue weighted by molar-refractivity contribution is -0.147. The second-order valence-corrected chi connectivity index (χ2v) is 7.59. The van der Waals surface area contributed by atoms with E-state index in [2.05, 4.69) is 10.2 Å². The Morgan fingerprint density at radius 3 is 2.64 bits per heavy atom. The highest BCUT2D eigenvalue weighted by Gasteiger charge is 2.40. The van der Waals surface area contributed by atoms with Crippen LogP contribution in [0.1, 0.15) is 55.5 Å². The van der Waals surface area contributed by atoms with Crippen LogP contribution in [0.5, 0.6) is 0 Å². The van der Waals surface area contributed by atoms with Crippen molar-refractivity contribution in [2.75, 3.05) is 20.1 Å². The Labute approximate surface area is 149 Å². The number of nitrogens with zero attached hydrogens (tertiary/aromatic N) is 3. The van der Waals surface area contributed by atoms with Crippen LogP contribution in [-0.2, 0) is 16.0 Å². The van der Waals surface area contributed by atoms with Crippen LogP contribution in [0.25, 0.3) is 0 Å². The molecule has 6 nitrogen and oxygen atoms in total. The number of aromatic nitrogens is 2. The molecular weight excluding hydrogens is 316 g/mol. The first kappa shape index (κ1) is 18.0. The number of H-pyrrole nitrogens is 1. The lowest BCUT2D eigenvalue weighted by Gasteiger charge is -2.37. The molecule has 0 unspecified atom stereocenters. The fourth-order valence-electron chi connectivity index (χ4n) is 3.82. The molecule has 25 heavy (non-hydrogen) atoms. The molecule has 1 N–H and O–H groups in total. The summed E-state index contributed by atoms with van der Waals surface area (Å²) in [4.78, 5) is 29.1. The third-order valence-corrected chi connectivity index (χ3v) is 5.57. The molecule has 2 fully saturated rings. The predicted molar refractivity (Wildman–Crippen MR) is 96.1 cm³/mol. The standard InChI is InChI=1S/C19H30N4O2/c1-13-16(14(2)21-20-13)7-6-11-22(3)19(25)17-8-4-5-12-23(17)18(24)15-9-10-15/h15,17H,4-12H2,1-3H3,(H,20,21)/t17-/m0/s1. The maximum Gasteiger partial charge on any atom is 0.245 e. The molecule has 2 heterocycles. The minimum Gasteiger partial charge on any atom is -0.344 e. The molecule has 1 aromatic heterocycles. The van der Waals surface area contributed by atoms with Gasteiger partial charge in [0.1, 0.15) is 6.04 Å². The zero-order valence-corrected chi connectivity index (χ0v) is 15.7. The Morgan fingerprint density at radius 2 is 2.00 bits per heavy atom. The quantitative estimate of drug-likeness (QED) is 0.858. The van der Waals surface area contributed by atoms with E-state index in [0.29, 0.717) is 6.54 Å². The summed E-state index contributed by atoms with van der Waals surface area (Å²) in [6.07, 6.45) is 6.68. The molecule has 2 aliphatic rings. The molecule has 1 aliphatic heterocycles. The van der Waals surface area contributed by atoms with Gasteiger partial charge in [-0.1, -0.05) is 0 Å². The van der Waals surface area contributed by atoms with E-state index in [-0.39, 0.29) is 23.8 Å². The lowest BCUT2D eigenvalue weighted by Crippen LogP contribution is -2.52. The molecule has 2 amide bonds. The van der Waals surface area contributed by atoms with Gasteiger partial charge >= 0.3 is 0 Å². The number of likely N-dealkylation sites (tertiary alicyclic amines) is 1. The lowest BCUT2D eigenvalue weighted by atomic mass is 10.00. The van der Waals surface area contributed by atoms with Crippen molar-refractivity contribution in [2.24, 2.45) is 5.92 Å². The summed E-state index contributed by atoms with van der Waals surface area (Å²) in [5.74, 6) is 0.496. The van der Waals surface area contributed by atoms with E-state index >= 15 is 0 Å². The molecule has 1 aromatic rings. The molecule has 1 aliphatic carbocycles. The third kappa shape index (κ3) is 4.05. The van der Waals surface area contributed by atoms with Gasteiger partial charge < -0.3 is 9.80 Å². The number of aromatic amines is 1. The number of aryl methyl sites for hydroxylation is 2. The first-order valence-electron chi connectivity index (χ1n) is 9.55. The van der Waals surface area contributed by atoms with Crippen LogP contribution in [0.3, 0.4) is 0 Å². The molecular formula is C19H30N4O2. The molecule has 1 saturated carbocycles. The second kappa shape index (κ2) is 7.58. The molecule has 1 atom stereocenters. The highest BCUT2D eigenvalue weighted by atomic mass is 16.2. The Morgan fingerprint density at radius 1 is 1.24 bits per heavy atom. The van der Waals surface area contributed by atoms with E-state index in [1.165, 1.54) is 5.56 Å². The Kier molecular flexibility index (Phi) is 5.45. The first-order chi connectivity index (χ1) is 12.0. The topological polar surface area (TPSA) is 69.3 Å². The van der Waals surface area contributed by atoms with Gasteiger partial charge in [-0.25, -0.2) is 0 Å². The Hall–Kier alpha value is -1.85. The number of amides is 2. The largest absolute Gasteiger partial charge is 0.344 e. The minimum atomic E-state index is -0.246. The number of hydrogen-bond donors (Lipinski definition) is 1. The van der Waals surface area contributed by atoms with Crippen molar-refractivity contribution in [3.8, 4) is 0 Å². The average molecular weight is 346 g/mol. The van der Waals surface area contributed by atoms with Gasteiger partial charge in [-0.15, -0.1) is 0 Å².